The number of carbonyl (C=O) groups is 1. The summed E-state index contributed by atoms with van der Waals surface area (Å²) in [6.07, 6.45) is 0. The van der Waals surface area contributed by atoms with E-state index in [2.05, 4.69) is 15.9 Å². The molecular weight excluding hydrogens is 296 g/mol. The molecule has 2 aromatic rings. The van der Waals surface area contributed by atoms with Crippen LogP contribution in [-0.4, -0.2) is 5.78 Å². The van der Waals surface area contributed by atoms with Gasteiger partial charge in [0.05, 0.1) is 4.88 Å². The maximum absolute atomic E-state index is 12.4. The highest BCUT2D eigenvalue weighted by molar-refractivity contribution is 9.10. The van der Waals surface area contributed by atoms with Crippen molar-refractivity contribution in [3.63, 3.8) is 0 Å². The molecule has 0 saturated carbocycles. The van der Waals surface area contributed by atoms with E-state index in [4.69, 9.17) is 0 Å². The monoisotopic (exact) mass is 308 g/mol. The fourth-order valence-electron chi connectivity index (χ4n) is 1.76. The van der Waals surface area contributed by atoms with Crippen LogP contribution in [0.3, 0.4) is 0 Å². The van der Waals surface area contributed by atoms with Crippen molar-refractivity contribution in [1.29, 1.82) is 0 Å². The zero-order valence-corrected chi connectivity index (χ0v) is 12.4. The lowest BCUT2D eigenvalue weighted by Crippen LogP contribution is -2.03. The van der Waals surface area contributed by atoms with Crippen LogP contribution in [0.5, 0.6) is 0 Å². The summed E-state index contributed by atoms with van der Waals surface area (Å²) >= 11 is 4.98. The van der Waals surface area contributed by atoms with E-state index in [0.717, 1.165) is 30.9 Å². The number of ketones is 1. The summed E-state index contributed by atoms with van der Waals surface area (Å²) in [5.74, 6) is 0.108. The van der Waals surface area contributed by atoms with E-state index in [-0.39, 0.29) is 5.78 Å². The summed E-state index contributed by atoms with van der Waals surface area (Å²) in [5.41, 5.74) is 3.02. The van der Waals surface area contributed by atoms with Crippen molar-refractivity contribution < 1.29 is 4.79 Å². The van der Waals surface area contributed by atoms with Crippen molar-refractivity contribution in [2.75, 3.05) is 0 Å². The highest BCUT2D eigenvalue weighted by atomic mass is 79.9. The van der Waals surface area contributed by atoms with E-state index >= 15 is 0 Å². The summed E-state index contributed by atoms with van der Waals surface area (Å²) in [6.45, 7) is 6.03. The Balaban J connectivity index is 2.51. The third-order valence-electron chi connectivity index (χ3n) is 2.87. The smallest absolute Gasteiger partial charge is 0.204 e. The number of carbonyl (C=O) groups excluding carboxylic acids is 1. The second kappa shape index (κ2) is 4.75. The lowest BCUT2D eigenvalue weighted by atomic mass is 9.99. The van der Waals surface area contributed by atoms with Gasteiger partial charge in [-0.25, -0.2) is 0 Å². The van der Waals surface area contributed by atoms with Gasteiger partial charge in [0, 0.05) is 14.9 Å². The Kier molecular flexibility index (Phi) is 3.50. The molecule has 3 heteroatoms. The summed E-state index contributed by atoms with van der Waals surface area (Å²) in [4.78, 5) is 14.4. The van der Waals surface area contributed by atoms with Crippen LogP contribution in [0.25, 0.3) is 0 Å². The van der Waals surface area contributed by atoms with Crippen molar-refractivity contribution in [1.82, 2.24) is 0 Å². The molecule has 2 rings (SSSR count). The number of hydrogen-bond donors (Lipinski definition) is 0. The van der Waals surface area contributed by atoms with Gasteiger partial charge >= 0.3 is 0 Å². The Morgan fingerprint density at radius 3 is 2.53 bits per heavy atom. The summed E-state index contributed by atoms with van der Waals surface area (Å²) < 4.78 is 0.894. The second-order valence-electron chi connectivity index (χ2n) is 4.11. The Bertz CT molecular complexity index is 584. The largest absolute Gasteiger partial charge is 0.288 e. The van der Waals surface area contributed by atoms with Gasteiger partial charge in [-0.3, -0.25) is 4.79 Å². The van der Waals surface area contributed by atoms with Gasteiger partial charge in [0.25, 0.3) is 0 Å². The molecule has 0 fully saturated rings. The number of thiophene rings is 1. The molecule has 0 aliphatic heterocycles. The molecule has 1 aromatic heterocycles. The van der Waals surface area contributed by atoms with Gasteiger partial charge < -0.3 is 0 Å². The fourth-order valence-corrected chi connectivity index (χ4v) is 3.53. The minimum atomic E-state index is 0.108. The van der Waals surface area contributed by atoms with Crippen LogP contribution in [-0.2, 0) is 0 Å². The molecule has 0 bridgehead atoms. The summed E-state index contributed by atoms with van der Waals surface area (Å²) in [6, 6.07) is 7.85. The van der Waals surface area contributed by atoms with Gasteiger partial charge in [-0.1, -0.05) is 18.2 Å². The van der Waals surface area contributed by atoms with Crippen LogP contribution >= 0.6 is 27.3 Å². The summed E-state index contributed by atoms with van der Waals surface area (Å²) in [5, 5.41) is 0. The molecule has 1 nitrogen and oxygen atoms in total. The lowest BCUT2D eigenvalue weighted by molar-refractivity contribution is 0.104. The summed E-state index contributed by atoms with van der Waals surface area (Å²) in [7, 11) is 0. The van der Waals surface area contributed by atoms with Crippen molar-refractivity contribution in [2.24, 2.45) is 0 Å². The van der Waals surface area contributed by atoms with Crippen molar-refractivity contribution in [3.8, 4) is 0 Å². The Morgan fingerprint density at radius 2 is 1.94 bits per heavy atom. The van der Waals surface area contributed by atoms with Crippen LogP contribution in [0.1, 0.15) is 31.2 Å². The normalized spacial score (nSPS) is 10.6. The number of aryl methyl sites for hydroxylation is 2. The molecule has 0 N–H and O–H groups in total. The maximum Gasteiger partial charge on any atom is 0.204 e. The van der Waals surface area contributed by atoms with E-state index in [1.165, 1.54) is 11.3 Å². The average Bonchev–Trinajstić information content (AvgIpc) is 2.61. The van der Waals surface area contributed by atoms with E-state index in [1.54, 1.807) is 0 Å². The minimum Gasteiger partial charge on any atom is -0.288 e. The molecule has 88 valence electrons. The Hall–Kier alpha value is -0.930. The van der Waals surface area contributed by atoms with Crippen LogP contribution < -0.4 is 0 Å². The van der Waals surface area contributed by atoms with Crippen LogP contribution in [0, 0.1) is 20.8 Å². The van der Waals surface area contributed by atoms with Gasteiger partial charge in [-0.2, -0.15) is 0 Å². The molecule has 0 aliphatic carbocycles. The van der Waals surface area contributed by atoms with Crippen molar-refractivity contribution >= 4 is 33.0 Å². The van der Waals surface area contributed by atoms with E-state index < -0.39 is 0 Å². The molecular formula is C14H13BrOS. The predicted octanol–water partition coefficient (Wildman–Crippen LogP) is 4.67. The first-order chi connectivity index (χ1) is 8.00. The molecule has 0 radical (unpaired) electrons. The number of halogens is 1. The zero-order valence-electron chi connectivity index (χ0n) is 10.0. The van der Waals surface area contributed by atoms with E-state index in [9.17, 15) is 4.79 Å². The minimum absolute atomic E-state index is 0.108. The van der Waals surface area contributed by atoms with Crippen LogP contribution in [0.15, 0.2) is 28.7 Å². The average molecular weight is 309 g/mol. The van der Waals surface area contributed by atoms with Crippen LogP contribution in [0.2, 0.25) is 0 Å². The predicted molar refractivity (Wildman–Crippen MR) is 76.1 cm³/mol. The second-order valence-corrected chi connectivity index (χ2v) is 6.22. The first kappa shape index (κ1) is 12.5. The fraction of sp³-hybridized carbons (Fsp3) is 0.214. The van der Waals surface area contributed by atoms with Gasteiger partial charge in [0.2, 0.25) is 5.78 Å². The van der Waals surface area contributed by atoms with Crippen molar-refractivity contribution in [2.45, 2.75) is 20.8 Å². The van der Waals surface area contributed by atoms with Crippen LogP contribution in [0.4, 0.5) is 0 Å². The van der Waals surface area contributed by atoms with Gasteiger partial charge in [-0.15, -0.1) is 11.3 Å². The van der Waals surface area contributed by atoms with E-state index in [1.807, 2.05) is 45.0 Å². The lowest BCUT2D eigenvalue weighted by Gasteiger charge is -2.06. The SMILES string of the molecule is Cc1cc(Br)c(C(=O)c2cccc(C)c2C)s1. The molecule has 0 atom stereocenters. The molecule has 0 unspecified atom stereocenters. The molecule has 0 saturated heterocycles. The molecule has 0 aliphatic rings. The molecule has 1 aromatic carbocycles. The third kappa shape index (κ3) is 2.35. The van der Waals surface area contributed by atoms with Crippen molar-refractivity contribution in [3.05, 3.63) is 55.2 Å². The maximum atomic E-state index is 12.4. The standard InChI is InChI=1S/C14H13BrOS/c1-8-5-4-6-11(10(8)3)13(16)14-12(15)7-9(2)17-14/h4-7H,1-3H3. The quantitative estimate of drug-likeness (QED) is 0.737. The molecule has 17 heavy (non-hydrogen) atoms. The first-order valence-corrected chi connectivity index (χ1v) is 6.98. The molecule has 0 spiro atoms. The number of benzene rings is 1. The van der Waals surface area contributed by atoms with E-state index in [0.29, 0.717) is 0 Å². The highest BCUT2D eigenvalue weighted by Crippen LogP contribution is 2.30. The zero-order chi connectivity index (χ0) is 12.6. The topological polar surface area (TPSA) is 17.1 Å². The molecule has 0 amide bonds. The van der Waals surface area contributed by atoms with Gasteiger partial charge in [-0.05, 0) is 53.9 Å². The molecule has 1 heterocycles. The third-order valence-corrected chi connectivity index (χ3v) is 4.80. The van der Waals surface area contributed by atoms with Gasteiger partial charge in [0.15, 0.2) is 0 Å². The Morgan fingerprint density at radius 1 is 1.24 bits per heavy atom. The number of hydrogen-bond acceptors (Lipinski definition) is 2. The Labute approximate surface area is 114 Å². The first-order valence-electron chi connectivity index (χ1n) is 5.37. The van der Waals surface area contributed by atoms with Gasteiger partial charge in [0.1, 0.15) is 0 Å². The highest BCUT2D eigenvalue weighted by Gasteiger charge is 2.17. The number of rotatable bonds is 2.